The van der Waals surface area contributed by atoms with Crippen molar-refractivity contribution in [2.75, 3.05) is 6.61 Å². The minimum absolute atomic E-state index is 0.155. The van der Waals surface area contributed by atoms with Crippen LogP contribution in [0.5, 0.6) is 0 Å². The van der Waals surface area contributed by atoms with Crippen LogP contribution in [0.3, 0.4) is 0 Å². The lowest BCUT2D eigenvalue weighted by atomic mass is 10.1. The Labute approximate surface area is 92.0 Å². The van der Waals surface area contributed by atoms with Gasteiger partial charge in [-0.25, -0.2) is 0 Å². The average Bonchev–Trinajstić information content (AvgIpc) is 2.75. The van der Waals surface area contributed by atoms with Gasteiger partial charge in [0.05, 0.1) is 0 Å². The van der Waals surface area contributed by atoms with Crippen LogP contribution in [-0.4, -0.2) is 16.8 Å². The van der Waals surface area contributed by atoms with E-state index in [1.54, 1.807) is 0 Å². The molecule has 0 spiro atoms. The van der Waals surface area contributed by atoms with Crippen LogP contribution in [0.1, 0.15) is 52.4 Å². The van der Waals surface area contributed by atoms with Gasteiger partial charge in [0.25, 0.3) is 0 Å². The SMILES string of the molecule is CCC1CCCC1SC1(C)CCCO1. The van der Waals surface area contributed by atoms with Crippen molar-refractivity contribution in [2.45, 2.75) is 62.6 Å². The van der Waals surface area contributed by atoms with Gasteiger partial charge >= 0.3 is 0 Å². The molecule has 2 fully saturated rings. The summed E-state index contributed by atoms with van der Waals surface area (Å²) in [6.07, 6.45) is 8.17. The highest BCUT2D eigenvalue weighted by molar-refractivity contribution is 8.01. The summed E-state index contributed by atoms with van der Waals surface area (Å²) in [7, 11) is 0. The smallest absolute Gasteiger partial charge is 0.111 e. The van der Waals surface area contributed by atoms with Gasteiger partial charge in [0, 0.05) is 11.9 Å². The van der Waals surface area contributed by atoms with Crippen molar-refractivity contribution in [3.63, 3.8) is 0 Å². The molecule has 0 amide bonds. The predicted molar refractivity (Wildman–Crippen MR) is 62.6 cm³/mol. The Hall–Kier alpha value is 0.310. The molecule has 2 rings (SSSR count). The average molecular weight is 214 g/mol. The maximum absolute atomic E-state index is 5.86. The van der Waals surface area contributed by atoms with Crippen LogP contribution in [0, 0.1) is 5.92 Å². The number of thioether (sulfide) groups is 1. The van der Waals surface area contributed by atoms with Crippen molar-refractivity contribution in [2.24, 2.45) is 5.92 Å². The minimum Gasteiger partial charge on any atom is -0.365 e. The van der Waals surface area contributed by atoms with Crippen LogP contribution in [0.2, 0.25) is 0 Å². The summed E-state index contributed by atoms with van der Waals surface area (Å²) in [5.41, 5.74) is 0. The molecule has 1 heterocycles. The maximum atomic E-state index is 5.86. The Balaban J connectivity index is 1.89. The monoisotopic (exact) mass is 214 g/mol. The molecule has 3 unspecified atom stereocenters. The van der Waals surface area contributed by atoms with E-state index < -0.39 is 0 Å². The van der Waals surface area contributed by atoms with Crippen molar-refractivity contribution in [3.05, 3.63) is 0 Å². The minimum atomic E-state index is 0.155. The molecule has 1 saturated carbocycles. The first kappa shape index (κ1) is 10.8. The molecule has 0 aromatic carbocycles. The van der Waals surface area contributed by atoms with Crippen LogP contribution in [0.25, 0.3) is 0 Å². The quantitative estimate of drug-likeness (QED) is 0.706. The van der Waals surface area contributed by atoms with E-state index in [0.717, 1.165) is 17.8 Å². The normalized spacial score (nSPS) is 43.3. The van der Waals surface area contributed by atoms with Crippen LogP contribution in [0.15, 0.2) is 0 Å². The van der Waals surface area contributed by atoms with Gasteiger partial charge in [-0.3, -0.25) is 0 Å². The van der Waals surface area contributed by atoms with Gasteiger partial charge in [0.2, 0.25) is 0 Å². The Morgan fingerprint density at radius 1 is 1.36 bits per heavy atom. The zero-order chi connectivity index (χ0) is 10.0. The lowest BCUT2D eigenvalue weighted by Crippen LogP contribution is -2.24. The van der Waals surface area contributed by atoms with E-state index in [0.29, 0.717) is 0 Å². The second kappa shape index (κ2) is 4.44. The highest BCUT2D eigenvalue weighted by Crippen LogP contribution is 2.46. The fourth-order valence-corrected chi connectivity index (χ4v) is 4.65. The molecule has 2 heteroatoms. The second-order valence-electron chi connectivity index (χ2n) is 4.84. The number of hydrogen-bond acceptors (Lipinski definition) is 2. The fraction of sp³-hybridized carbons (Fsp3) is 1.00. The molecule has 0 radical (unpaired) electrons. The summed E-state index contributed by atoms with van der Waals surface area (Å²) in [5, 5.41) is 0.878. The van der Waals surface area contributed by atoms with Gasteiger partial charge in [0.1, 0.15) is 4.93 Å². The van der Waals surface area contributed by atoms with Crippen molar-refractivity contribution in [3.8, 4) is 0 Å². The molecule has 0 N–H and O–H groups in total. The maximum Gasteiger partial charge on any atom is 0.111 e. The molecule has 1 aliphatic heterocycles. The summed E-state index contributed by atoms with van der Waals surface area (Å²) < 4.78 is 5.86. The van der Waals surface area contributed by atoms with Gasteiger partial charge in [-0.15, -0.1) is 11.8 Å². The third kappa shape index (κ3) is 2.27. The van der Waals surface area contributed by atoms with Crippen molar-refractivity contribution >= 4 is 11.8 Å². The molecule has 2 aliphatic rings. The molecule has 1 aliphatic carbocycles. The second-order valence-corrected chi connectivity index (χ2v) is 6.55. The third-order valence-electron chi connectivity index (χ3n) is 3.70. The van der Waals surface area contributed by atoms with E-state index in [4.69, 9.17) is 4.74 Å². The van der Waals surface area contributed by atoms with Crippen LogP contribution < -0.4 is 0 Å². The van der Waals surface area contributed by atoms with Gasteiger partial charge in [-0.1, -0.05) is 19.8 Å². The molecule has 1 saturated heterocycles. The highest BCUT2D eigenvalue weighted by Gasteiger charge is 2.37. The van der Waals surface area contributed by atoms with Crippen LogP contribution in [-0.2, 0) is 4.74 Å². The molecule has 3 atom stereocenters. The van der Waals surface area contributed by atoms with Gasteiger partial charge in [-0.05, 0) is 38.5 Å². The summed E-state index contributed by atoms with van der Waals surface area (Å²) in [6, 6.07) is 0. The molecular formula is C12H22OS. The third-order valence-corrected chi connectivity index (χ3v) is 5.44. The zero-order valence-electron chi connectivity index (χ0n) is 9.42. The summed E-state index contributed by atoms with van der Waals surface area (Å²) >= 11 is 2.13. The predicted octanol–water partition coefficient (Wildman–Crippen LogP) is 3.82. The molecule has 14 heavy (non-hydrogen) atoms. The first-order valence-electron chi connectivity index (χ1n) is 6.05. The van der Waals surface area contributed by atoms with E-state index in [1.165, 1.54) is 38.5 Å². The van der Waals surface area contributed by atoms with E-state index in [1.807, 2.05) is 0 Å². The van der Waals surface area contributed by atoms with Gasteiger partial charge in [0.15, 0.2) is 0 Å². The van der Waals surface area contributed by atoms with Crippen LogP contribution >= 0.6 is 11.8 Å². The summed E-state index contributed by atoms with van der Waals surface area (Å²) in [6.45, 7) is 5.60. The number of rotatable bonds is 3. The molecule has 0 aromatic rings. The lowest BCUT2D eigenvalue weighted by Gasteiger charge is -2.29. The number of hydrogen-bond donors (Lipinski definition) is 0. The highest BCUT2D eigenvalue weighted by atomic mass is 32.2. The molecule has 1 nitrogen and oxygen atoms in total. The largest absolute Gasteiger partial charge is 0.365 e. The summed E-state index contributed by atoms with van der Waals surface area (Å²) in [5.74, 6) is 0.959. The topological polar surface area (TPSA) is 9.23 Å². The summed E-state index contributed by atoms with van der Waals surface area (Å²) in [4.78, 5) is 0.155. The Bertz CT molecular complexity index is 187. The Morgan fingerprint density at radius 2 is 2.21 bits per heavy atom. The van der Waals surface area contributed by atoms with E-state index in [2.05, 4.69) is 25.6 Å². The number of ether oxygens (including phenoxy) is 1. The van der Waals surface area contributed by atoms with Gasteiger partial charge < -0.3 is 4.74 Å². The Kier molecular flexibility index (Phi) is 3.43. The van der Waals surface area contributed by atoms with Crippen molar-refractivity contribution < 1.29 is 4.74 Å². The fourth-order valence-electron chi connectivity index (χ4n) is 2.79. The molecule has 0 aromatic heterocycles. The van der Waals surface area contributed by atoms with Crippen LogP contribution in [0.4, 0.5) is 0 Å². The lowest BCUT2D eigenvalue weighted by molar-refractivity contribution is 0.0962. The van der Waals surface area contributed by atoms with E-state index in [-0.39, 0.29) is 4.93 Å². The Morgan fingerprint density at radius 3 is 2.86 bits per heavy atom. The van der Waals surface area contributed by atoms with Crippen molar-refractivity contribution in [1.82, 2.24) is 0 Å². The molecular weight excluding hydrogens is 192 g/mol. The zero-order valence-corrected chi connectivity index (χ0v) is 10.2. The molecule has 82 valence electrons. The molecule has 0 bridgehead atoms. The first-order chi connectivity index (χ1) is 6.73. The van der Waals surface area contributed by atoms with E-state index >= 15 is 0 Å². The van der Waals surface area contributed by atoms with Crippen molar-refractivity contribution in [1.29, 1.82) is 0 Å². The first-order valence-corrected chi connectivity index (χ1v) is 6.93. The van der Waals surface area contributed by atoms with E-state index in [9.17, 15) is 0 Å². The standard InChI is InChI=1S/C12H22OS/c1-3-10-6-4-7-11(10)14-12(2)8-5-9-13-12/h10-11H,3-9H2,1-2H3. The van der Waals surface area contributed by atoms with Gasteiger partial charge in [-0.2, -0.15) is 0 Å².